The van der Waals surface area contributed by atoms with E-state index in [0.29, 0.717) is 11.2 Å². The van der Waals surface area contributed by atoms with Gasteiger partial charge in [0.05, 0.1) is 0 Å². The summed E-state index contributed by atoms with van der Waals surface area (Å²) in [4.78, 5) is 3.29. The maximum Gasteiger partial charge on any atom is 0.107 e. The number of H-pyrrole nitrogens is 1. The highest BCUT2D eigenvalue weighted by Gasteiger charge is 2.21. The van der Waals surface area contributed by atoms with Crippen LogP contribution in [0.15, 0.2) is 36.4 Å². The van der Waals surface area contributed by atoms with Crippen molar-refractivity contribution in [2.75, 3.05) is 6.54 Å². The molecule has 0 spiro atoms. The molecule has 1 aliphatic rings. The highest BCUT2D eigenvalue weighted by atomic mass is 35.5. The quantitative estimate of drug-likeness (QED) is 0.830. The molecule has 1 fully saturated rings. The topological polar surface area (TPSA) is 27.8 Å². The Labute approximate surface area is 106 Å². The molecule has 1 aromatic heterocycles. The van der Waals surface area contributed by atoms with Crippen LogP contribution in [-0.2, 0) is 0 Å². The van der Waals surface area contributed by atoms with Crippen LogP contribution in [0.3, 0.4) is 0 Å². The number of aromatic nitrogens is 1. The van der Waals surface area contributed by atoms with E-state index in [-0.39, 0.29) is 0 Å². The zero-order valence-corrected chi connectivity index (χ0v) is 10.3. The van der Waals surface area contributed by atoms with Gasteiger partial charge in [-0.3, -0.25) is 0 Å². The first-order valence-corrected chi connectivity index (χ1v) is 6.39. The maximum atomic E-state index is 6.11. The van der Waals surface area contributed by atoms with Gasteiger partial charge in [-0.15, -0.1) is 0 Å². The van der Waals surface area contributed by atoms with Gasteiger partial charge < -0.3 is 10.3 Å². The number of halogens is 1. The molecule has 88 valence electrons. The van der Waals surface area contributed by atoms with Crippen LogP contribution in [0.5, 0.6) is 0 Å². The summed E-state index contributed by atoms with van der Waals surface area (Å²) in [6, 6.07) is 12.8. The lowest BCUT2D eigenvalue weighted by Gasteiger charge is -2.11. The Hall–Kier alpha value is -1.25. The molecular formula is C14H15ClN2. The summed E-state index contributed by atoms with van der Waals surface area (Å²) in [5, 5.41) is 4.22. The van der Waals surface area contributed by atoms with E-state index in [1.807, 2.05) is 12.1 Å². The van der Waals surface area contributed by atoms with Crippen LogP contribution in [0.2, 0.25) is 5.15 Å². The van der Waals surface area contributed by atoms with E-state index < -0.39 is 0 Å². The third kappa shape index (κ3) is 2.11. The van der Waals surface area contributed by atoms with Crippen molar-refractivity contribution < 1.29 is 0 Å². The van der Waals surface area contributed by atoms with Crippen LogP contribution in [0.4, 0.5) is 0 Å². The van der Waals surface area contributed by atoms with Crippen LogP contribution in [0.25, 0.3) is 11.1 Å². The molecule has 1 saturated heterocycles. The third-order valence-corrected chi connectivity index (χ3v) is 3.51. The summed E-state index contributed by atoms with van der Waals surface area (Å²) >= 11 is 6.11. The molecule has 2 N–H and O–H groups in total. The minimum atomic E-state index is 0.415. The number of nitrogens with one attached hydrogen (secondary N) is 2. The third-order valence-electron chi connectivity index (χ3n) is 3.31. The predicted octanol–water partition coefficient (Wildman–Crippen LogP) is 3.76. The Morgan fingerprint density at radius 1 is 1.18 bits per heavy atom. The molecule has 3 rings (SSSR count). The number of rotatable bonds is 2. The van der Waals surface area contributed by atoms with Gasteiger partial charge in [0.25, 0.3) is 0 Å². The smallest absolute Gasteiger partial charge is 0.107 e. The van der Waals surface area contributed by atoms with Crippen LogP contribution >= 0.6 is 11.6 Å². The van der Waals surface area contributed by atoms with Gasteiger partial charge in [0.15, 0.2) is 0 Å². The number of hydrogen-bond donors (Lipinski definition) is 2. The first-order valence-electron chi connectivity index (χ1n) is 6.02. The van der Waals surface area contributed by atoms with Crippen molar-refractivity contribution in [1.82, 2.24) is 10.3 Å². The lowest BCUT2D eigenvalue weighted by atomic mass is 10.0. The van der Waals surface area contributed by atoms with Crippen molar-refractivity contribution in [1.29, 1.82) is 0 Å². The van der Waals surface area contributed by atoms with Gasteiger partial charge in [-0.05, 0) is 31.0 Å². The predicted molar refractivity (Wildman–Crippen MR) is 71.2 cm³/mol. The molecule has 2 nitrogen and oxygen atoms in total. The summed E-state index contributed by atoms with van der Waals surface area (Å²) in [7, 11) is 0. The molecule has 0 saturated carbocycles. The van der Waals surface area contributed by atoms with Crippen molar-refractivity contribution in [3.63, 3.8) is 0 Å². The van der Waals surface area contributed by atoms with E-state index >= 15 is 0 Å². The molecule has 17 heavy (non-hydrogen) atoms. The molecule has 0 radical (unpaired) electrons. The van der Waals surface area contributed by atoms with E-state index in [1.54, 1.807) is 0 Å². The Kier molecular flexibility index (Phi) is 2.91. The average Bonchev–Trinajstić information content (AvgIpc) is 2.98. The summed E-state index contributed by atoms with van der Waals surface area (Å²) < 4.78 is 0. The molecular weight excluding hydrogens is 232 g/mol. The highest BCUT2D eigenvalue weighted by Crippen LogP contribution is 2.34. The molecule has 3 heteroatoms. The van der Waals surface area contributed by atoms with Gasteiger partial charge in [-0.2, -0.15) is 0 Å². The summed E-state index contributed by atoms with van der Waals surface area (Å²) in [6.45, 7) is 1.09. The normalized spacial score (nSPS) is 19.7. The number of hydrogen-bond acceptors (Lipinski definition) is 1. The SMILES string of the molecule is Clc1cc(-c2ccccc2)c([C@@H]2CCCN2)[nH]1. The minimum absolute atomic E-state index is 0.415. The summed E-state index contributed by atoms with van der Waals surface area (Å²) in [6.07, 6.45) is 2.41. The van der Waals surface area contributed by atoms with Crippen LogP contribution in [0, 0.1) is 0 Å². The van der Waals surface area contributed by atoms with Gasteiger partial charge in [-0.1, -0.05) is 41.9 Å². The first kappa shape index (κ1) is 10.9. The second kappa shape index (κ2) is 4.55. The van der Waals surface area contributed by atoms with E-state index in [9.17, 15) is 0 Å². The zero-order valence-electron chi connectivity index (χ0n) is 9.54. The lowest BCUT2D eigenvalue weighted by Crippen LogP contribution is -2.13. The van der Waals surface area contributed by atoms with Crippen molar-refractivity contribution in [2.24, 2.45) is 0 Å². The molecule has 1 atom stereocenters. The molecule has 2 heterocycles. The fraction of sp³-hybridized carbons (Fsp3) is 0.286. The standard InChI is InChI=1S/C14H15ClN2/c15-13-9-11(10-5-2-1-3-6-10)14(17-13)12-7-4-8-16-12/h1-3,5-6,9,12,16-17H,4,7-8H2/t12-/m0/s1. The van der Waals surface area contributed by atoms with Gasteiger partial charge >= 0.3 is 0 Å². The Morgan fingerprint density at radius 2 is 2.00 bits per heavy atom. The van der Waals surface area contributed by atoms with E-state index in [1.165, 1.54) is 29.7 Å². The molecule has 1 aliphatic heterocycles. The van der Waals surface area contributed by atoms with Crippen molar-refractivity contribution in [3.8, 4) is 11.1 Å². The van der Waals surface area contributed by atoms with Crippen LogP contribution in [0.1, 0.15) is 24.6 Å². The van der Waals surface area contributed by atoms with E-state index in [4.69, 9.17) is 11.6 Å². The van der Waals surface area contributed by atoms with Crippen molar-refractivity contribution in [3.05, 3.63) is 47.2 Å². The lowest BCUT2D eigenvalue weighted by molar-refractivity contribution is 0.633. The molecule has 0 amide bonds. The molecule has 0 bridgehead atoms. The van der Waals surface area contributed by atoms with Crippen LogP contribution in [-0.4, -0.2) is 11.5 Å². The van der Waals surface area contributed by atoms with Crippen molar-refractivity contribution >= 4 is 11.6 Å². The van der Waals surface area contributed by atoms with E-state index in [0.717, 1.165) is 6.54 Å². The molecule has 2 aromatic rings. The number of benzene rings is 1. The Morgan fingerprint density at radius 3 is 2.71 bits per heavy atom. The highest BCUT2D eigenvalue weighted by molar-refractivity contribution is 6.29. The van der Waals surface area contributed by atoms with Gasteiger partial charge in [0, 0.05) is 17.3 Å². The zero-order chi connectivity index (χ0) is 11.7. The largest absolute Gasteiger partial charge is 0.348 e. The minimum Gasteiger partial charge on any atom is -0.348 e. The number of aromatic amines is 1. The second-order valence-electron chi connectivity index (χ2n) is 4.46. The fourth-order valence-electron chi connectivity index (χ4n) is 2.50. The van der Waals surface area contributed by atoms with Gasteiger partial charge in [-0.25, -0.2) is 0 Å². The monoisotopic (exact) mass is 246 g/mol. The molecule has 1 aromatic carbocycles. The average molecular weight is 247 g/mol. The van der Waals surface area contributed by atoms with Crippen LogP contribution < -0.4 is 5.32 Å². The summed E-state index contributed by atoms with van der Waals surface area (Å²) in [5.41, 5.74) is 3.66. The maximum absolute atomic E-state index is 6.11. The van der Waals surface area contributed by atoms with Crippen molar-refractivity contribution in [2.45, 2.75) is 18.9 Å². The van der Waals surface area contributed by atoms with E-state index in [2.05, 4.69) is 34.6 Å². The second-order valence-corrected chi connectivity index (χ2v) is 4.87. The Balaban J connectivity index is 2.04. The van der Waals surface area contributed by atoms with Gasteiger partial charge in [0.2, 0.25) is 0 Å². The Bertz CT molecular complexity index is 498. The summed E-state index contributed by atoms with van der Waals surface area (Å²) in [5.74, 6) is 0. The fourth-order valence-corrected chi connectivity index (χ4v) is 2.71. The molecule has 0 unspecified atom stereocenters. The first-order chi connectivity index (χ1) is 8.34. The molecule has 0 aliphatic carbocycles. The van der Waals surface area contributed by atoms with Gasteiger partial charge in [0.1, 0.15) is 5.15 Å².